The second-order valence-electron chi connectivity index (χ2n) is 2.37. The van der Waals surface area contributed by atoms with E-state index in [1.54, 1.807) is 6.07 Å². The van der Waals surface area contributed by atoms with Gasteiger partial charge in [-0.25, -0.2) is 0 Å². The first-order valence-electron chi connectivity index (χ1n) is 3.34. The molecule has 1 rings (SSSR count). The Morgan fingerprint density at radius 1 is 1.29 bits per heavy atom. The van der Waals surface area contributed by atoms with E-state index in [9.17, 15) is 9.59 Å². The number of halogens is 3. The highest BCUT2D eigenvalue weighted by atomic mass is 127. The summed E-state index contributed by atoms with van der Waals surface area (Å²) in [5.41, 5.74) is 6.00. The summed E-state index contributed by atoms with van der Waals surface area (Å²) in [4.78, 5) is 21.7. The van der Waals surface area contributed by atoms with Gasteiger partial charge in [0.15, 0.2) is 0 Å². The molecule has 0 bridgehead atoms. The fourth-order valence-corrected chi connectivity index (χ4v) is 5.03. The van der Waals surface area contributed by atoms with Gasteiger partial charge in [0.25, 0.3) is 5.91 Å². The van der Waals surface area contributed by atoms with E-state index in [1.807, 2.05) is 74.1 Å². The fourth-order valence-electron chi connectivity index (χ4n) is 0.910. The molecule has 2 N–H and O–H groups in total. The molecule has 0 aliphatic rings. The molecule has 1 aromatic rings. The van der Waals surface area contributed by atoms with E-state index in [0.29, 0.717) is 14.7 Å². The third-order valence-electron chi connectivity index (χ3n) is 1.52. The number of benzene rings is 1. The summed E-state index contributed by atoms with van der Waals surface area (Å²) in [7, 11) is 0. The van der Waals surface area contributed by atoms with Crippen LogP contribution < -0.4 is 5.73 Å². The number of rotatable bonds is 2. The molecule has 0 atom stereocenters. The van der Waals surface area contributed by atoms with Gasteiger partial charge in [-0.3, -0.25) is 9.59 Å². The fraction of sp³-hybridized carbons (Fsp3) is 0. The van der Waals surface area contributed by atoms with Crippen molar-refractivity contribution in [3.8, 4) is 0 Å². The standard InChI is InChI=1S/C8H3I3NO2/c9-4-1-5(10)6(8(12)14)7(11)3(4)2-13/h1H,(H2,12,14). The second-order valence-corrected chi connectivity index (χ2v) is 5.77. The number of amides is 1. The Morgan fingerprint density at radius 3 is 2.29 bits per heavy atom. The molecule has 0 aromatic heterocycles. The molecular formula is C8H3I3NO2. The first kappa shape index (κ1) is 12.6. The van der Waals surface area contributed by atoms with Crippen molar-refractivity contribution >= 4 is 80.0 Å². The first-order valence-corrected chi connectivity index (χ1v) is 6.58. The van der Waals surface area contributed by atoms with Crippen LogP contribution in [0.25, 0.3) is 0 Å². The van der Waals surface area contributed by atoms with Gasteiger partial charge in [-0.2, -0.15) is 0 Å². The minimum atomic E-state index is -0.522. The van der Waals surface area contributed by atoms with Crippen LogP contribution in [-0.2, 0) is 4.79 Å². The molecule has 0 saturated carbocycles. The number of hydrogen-bond acceptors (Lipinski definition) is 2. The van der Waals surface area contributed by atoms with Crippen LogP contribution in [0.5, 0.6) is 0 Å². The largest absolute Gasteiger partial charge is 0.366 e. The molecule has 0 aliphatic carbocycles. The number of carbonyl (C=O) groups is 1. The lowest BCUT2D eigenvalue weighted by Crippen LogP contribution is -2.16. The highest BCUT2D eigenvalue weighted by molar-refractivity contribution is 14.1. The van der Waals surface area contributed by atoms with Gasteiger partial charge < -0.3 is 5.73 Å². The van der Waals surface area contributed by atoms with Gasteiger partial charge in [0, 0.05) is 10.7 Å². The maximum Gasteiger partial charge on any atom is 0.250 e. The Morgan fingerprint density at radius 2 is 1.86 bits per heavy atom. The molecule has 1 radical (unpaired) electrons. The van der Waals surface area contributed by atoms with E-state index in [0.717, 1.165) is 7.14 Å². The quantitative estimate of drug-likeness (QED) is 0.601. The highest BCUT2D eigenvalue weighted by Gasteiger charge is 2.17. The third-order valence-corrected chi connectivity index (χ3v) is 4.30. The summed E-state index contributed by atoms with van der Waals surface area (Å²) >= 11 is 5.98. The Bertz CT molecular complexity index is 418. The van der Waals surface area contributed by atoms with Crippen LogP contribution >= 0.6 is 67.8 Å². The normalized spacial score (nSPS) is 9.93. The molecule has 73 valence electrons. The second kappa shape index (κ2) is 5.05. The SMILES string of the molecule is NC(=O)c1c(I)cc(I)c([C]=O)c1I. The van der Waals surface area contributed by atoms with E-state index < -0.39 is 5.91 Å². The van der Waals surface area contributed by atoms with Crippen LogP contribution in [0.4, 0.5) is 0 Å². The lowest BCUT2D eigenvalue weighted by atomic mass is 10.1. The zero-order valence-electron chi connectivity index (χ0n) is 6.61. The van der Waals surface area contributed by atoms with Gasteiger partial charge in [0.2, 0.25) is 6.29 Å². The van der Waals surface area contributed by atoms with Gasteiger partial charge in [0.05, 0.1) is 11.1 Å². The van der Waals surface area contributed by atoms with Crippen LogP contribution in [-0.4, -0.2) is 12.2 Å². The summed E-state index contributed by atoms with van der Waals surface area (Å²) in [5, 5.41) is 0. The lowest BCUT2D eigenvalue weighted by molar-refractivity contribution is 0.0998. The predicted molar refractivity (Wildman–Crippen MR) is 77.9 cm³/mol. The van der Waals surface area contributed by atoms with Crippen molar-refractivity contribution in [3.05, 3.63) is 27.9 Å². The van der Waals surface area contributed by atoms with Gasteiger partial charge >= 0.3 is 0 Å². The molecule has 1 aromatic carbocycles. The van der Waals surface area contributed by atoms with Crippen molar-refractivity contribution in [2.24, 2.45) is 5.73 Å². The van der Waals surface area contributed by atoms with Crippen molar-refractivity contribution < 1.29 is 9.59 Å². The van der Waals surface area contributed by atoms with E-state index >= 15 is 0 Å². The minimum absolute atomic E-state index is 0.393. The summed E-state index contributed by atoms with van der Waals surface area (Å²) in [5.74, 6) is -0.522. The van der Waals surface area contributed by atoms with Crippen LogP contribution in [0, 0.1) is 10.7 Å². The molecule has 1 amide bonds. The van der Waals surface area contributed by atoms with E-state index in [1.165, 1.54) is 0 Å². The van der Waals surface area contributed by atoms with E-state index in [4.69, 9.17) is 5.73 Å². The van der Waals surface area contributed by atoms with Crippen molar-refractivity contribution in [1.82, 2.24) is 0 Å². The van der Waals surface area contributed by atoms with Gasteiger partial charge in [-0.15, -0.1) is 0 Å². The lowest BCUT2D eigenvalue weighted by Gasteiger charge is -2.07. The van der Waals surface area contributed by atoms with Crippen LogP contribution in [0.2, 0.25) is 0 Å². The molecule has 0 spiro atoms. The molecule has 0 unspecified atom stereocenters. The first-order chi connectivity index (χ1) is 6.49. The van der Waals surface area contributed by atoms with Crippen LogP contribution in [0.3, 0.4) is 0 Å². The summed E-state index contributed by atoms with van der Waals surface area (Å²) in [6.07, 6.45) is 1.81. The van der Waals surface area contributed by atoms with Crippen molar-refractivity contribution in [3.63, 3.8) is 0 Å². The van der Waals surface area contributed by atoms with E-state index in [2.05, 4.69) is 0 Å². The van der Waals surface area contributed by atoms with Gasteiger partial charge in [-0.1, -0.05) is 0 Å². The number of hydrogen-bond donors (Lipinski definition) is 1. The highest BCUT2D eigenvalue weighted by Crippen LogP contribution is 2.26. The van der Waals surface area contributed by atoms with Gasteiger partial charge in [0.1, 0.15) is 0 Å². The molecule has 3 nitrogen and oxygen atoms in total. The number of carbonyl (C=O) groups excluding carboxylic acids is 2. The average molecular weight is 526 g/mol. The third kappa shape index (κ3) is 2.38. The smallest absolute Gasteiger partial charge is 0.250 e. The molecule has 6 heteroatoms. The monoisotopic (exact) mass is 526 g/mol. The summed E-state index contributed by atoms with van der Waals surface area (Å²) in [6, 6.07) is 1.74. The predicted octanol–water partition coefficient (Wildman–Crippen LogP) is 2.06. The minimum Gasteiger partial charge on any atom is -0.366 e. The Hall–Kier alpha value is 0.550. The maximum atomic E-state index is 11.1. The van der Waals surface area contributed by atoms with Crippen molar-refractivity contribution in [2.75, 3.05) is 0 Å². The Labute approximate surface area is 122 Å². The molecular weight excluding hydrogens is 523 g/mol. The molecule has 0 aliphatic heterocycles. The average Bonchev–Trinajstić information content (AvgIpc) is 2.02. The number of nitrogens with two attached hydrogens (primary N) is 1. The molecule has 0 saturated heterocycles. The summed E-state index contributed by atoms with van der Waals surface area (Å²) in [6.45, 7) is 0. The van der Waals surface area contributed by atoms with Crippen LogP contribution in [0.15, 0.2) is 6.07 Å². The van der Waals surface area contributed by atoms with Crippen molar-refractivity contribution in [1.29, 1.82) is 0 Å². The summed E-state index contributed by atoms with van der Waals surface area (Å²) < 4.78 is 2.10. The van der Waals surface area contributed by atoms with Crippen molar-refractivity contribution in [2.45, 2.75) is 0 Å². The Balaban J connectivity index is 3.60. The topological polar surface area (TPSA) is 60.2 Å². The van der Waals surface area contributed by atoms with Crippen LogP contribution in [0.1, 0.15) is 15.9 Å². The molecule has 0 heterocycles. The zero-order valence-corrected chi connectivity index (χ0v) is 13.1. The van der Waals surface area contributed by atoms with E-state index in [-0.39, 0.29) is 0 Å². The molecule has 0 fully saturated rings. The Kier molecular flexibility index (Phi) is 4.56. The number of primary amides is 1. The maximum absolute atomic E-state index is 11.1. The zero-order chi connectivity index (χ0) is 10.9. The van der Waals surface area contributed by atoms with Gasteiger partial charge in [-0.05, 0) is 73.8 Å². The molecule has 14 heavy (non-hydrogen) atoms.